The van der Waals surface area contributed by atoms with Crippen LogP contribution in [0.2, 0.25) is 0 Å². The lowest BCUT2D eigenvalue weighted by atomic mass is 9.94. The number of carbonyl (C=O) groups excluding carboxylic acids is 3. The molecule has 1 unspecified atom stereocenters. The Kier molecular flexibility index (Phi) is 5.01. The first-order valence-corrected chi connectivity index (χ1v) is 12.1. The van der Waals surface area contributed by atoms with E-state index in [0.717, 1.165) is 0 Å². The van der Waals surface area contributed by atoms with Gasteiger partial charge in [-0.05, 0) is 57.5 Å². The molecule has 0 aromatic heterocycles. The van der Waals surface area contributed by atoms with E-state index in [0.29, 0.717) is 37.9 Å². The number of imide groups is 1. The van der Waals surface area contributed by atoms with E-state index in [1.165, 1.54) is 18.2 Å². The van der Waals surface area contributed by atoms with Crippen LogP contribution in [0.15, 0.2) is 60.7 Å². The maximum Gasteiger partial charge on any atom is 0.363 e. The van der Waals surface area contributed by atoms with E-state index in [1.807, 2.05) is 0 Å². The summed E-state index contributed by atoms with van der Waals surface area (Å²) >= 11 is 0. The number of rotatable bonds is 3. The zero-order chi connectivity index (χ0) is 24.2. The highest BCUT2D eigenvalue weighted by Gasteiger charge is 2.35. The number of hydrogen-bond acceptors (Lipinski definition) is 6. The van der Waals surface area contributed by atoms with Crippen molar-refractivity contribution in [1.29, 1.82) is 0 Å². The van der Waals surface area contributed by atoms with E-state index in [-0.39, 0.29) is 29.0 Å². The summed E-state index contributed by atoms with van der Waals surface area (Å²) in [5.41, 5.74) is 8.39. The van der Waals surface area contributed by atoms with Gasteiger partial charge in [0.2, 0.25) is 0 Å². The predicted molar refractivity (Wildman–Crippen MR) is 126 cm³/mol. The van der Waals surface area contributed by atoms with Crippen molar-refractivity contribution in [3.63, 3.8) is 0 Å². The lowest BCUT2D eigenvalue weighted by molar-refractivity contribution is -0.172. The molecule has 0 saturated carbocycles. The number of hydrogen-bond donors (Lipinski definition) is 2. The van der Waals surface area contributed by atoms with Crippen LogP contribution < -0.4 is 26.8 Å². The number of benzene rings is 3. The third-order valence-corrected chi connectivity index (χ3v) is 7.91. The van der Waals surface area contributed by atoms with Crippen molar-refractivity contribution in [1.82, 2.24) is 5.06 Å². The Labute approximate surface area is 194 Å². The van der Waals surface area contributed by atoms with Crippen molar-refractivity contribution in [2.45, 2.75) is 12.8 Å². The second kappa shape index (κ2) is 7.80. The molecule has 3 N–H and O–H groups in total. The fraction of sp³-hybridized carbons (Fsp3) is 0.0800. The van der Waals surface area contributed by atoms with Gasteiger partial charge in [0, 0.05) is 23.8 Å². The average molecular weight is 474 g/mol. The number of nitrogens with two attached hydrogens (primary N) is 1. The van der Waals surface area contributed by atoms with Crippen molar-refractivity contribution in [2.24, 2.45) is 0 Å². The van der Waals surface area contributed by atoms with Crippen LogP contribution in [0.3, 0.4) is 0 Å². The minimum absolute atomic E-state index is 0.0103. The van der Waals surface area contributed by atoms with Crippen molar-refractivity contribution >= 4 is 53.6 Å². The number of carbonyl (C=O) groups is 3. The lowest BCUT2D eigenvalue weighted by Crippen LogP contribution is -2.39. The van der Waals surface area contributed by atoms with E-state index in [1.54, 1.807) is 42.5 Å². The molecular weight excluding hydrogens is 455 g/mol. The maximum atomic E-state index is 13.5. The van der Waals surface area contributed by atoms with Crippen molar-refractivity contribution < 1.29 is 28.7 Å². The number of nitrogen functional groups attached to an aromatic ring is 1. The van der Waals surface area contributed by atoms with Gasteiger partial charge in [-0.25, -0.2) is 4.79 Å². The summed E-state index contributed by atoms with van der Waals surface area (Å²) in [5, 5.41) is 2.18. The first kappa shape index (κ1) is 21.8. The van der Waals surface area contributed by atoms with Gasteiger partial charge in [0.1, 0.15) is 0 Å². The fourth-order valence-electron chi connectivity index (χ4n) is 4.20. The first-order valence-electron chi connectivity index (χ1n) is 10.4. The molecule has 0 aliphatic carbocycles. The van der Waals surface area contributed by atoms with Gasteiger partial charge < -0.3 is 15.5 Å². The van der Waals surface area contributed by atoms with Gasteiger partial charge in [0.15, 0.2) is 0 Å². The normalized spacial score (nSPS) is 19.1. The molecule has 2 aliphatic rings. The van der Waals surface area contributed by atoms with Crippen LogP contribution in [-0.2, 0) is 19.0 Å². The molecule has 5 rings (SSSR count). The highest BCUT2D eigenvalue weighted by atomic mass is 31.2. The highest BCUT2D eigenvalue weighted by Crippen LogP contribution is 2.43. The number of anilines is 1. The molecule has 8 nitrogen and oxygen atoms in total. The van der Waals surface area contributed by atoms with Crippen LogP contribution >= 0.6 is 7.37 Å². The number of hydroxylamine groups is 2. The Balaban J connectivity index is 1.61. The fourth-order valence-corrected chi connectivity index (χ4v) is 6.15. The second-order valence-corrected chi connectivity index (χ2v) is 10.2. The van der Waals surface area contributed by atoms with E-state index in [9.17, 15) is 23.8 Å². The van der Waals surface area contributed by atoms with Crippen LogP contribution in [0.4, 0.5) is 5.69 Å². The van der Waals surface area contributed by atoms with Crippen molar-refractivity contribution in [2.75, 3.05) is 5.73 Å². The van der Waals surface area contributed by atoms with E-state index in [2.05, 4.69) is 6.58 Å². The third kappa shape index (κ3) is 3.44. The zero-order valence-electron chi connectivity index (χ0n) is 17.9. The molecule has 1 saturated heterocycles. The third-order valence-electron chi connectivity index (χ3n) is 5.86. The SMILES string of the molecule is C=c1ccc2c(c1)P(=O)(O)c1cc(N)ccc1C=2c1ccc(C(=O)ON2C(=O)CCC2=O)cc1. The largest absolute Gasteiger partial charge is 0.399 e. The lowest BCUT2D eigenvalue weighted by Gasteiger charge is -2.25. The van der Waals surface area contributed by atoms with E-state index < -0.39 is 25.2 Å². The van der Waals surface area contributed by atoms with E-state index in [4.69, 9.17) is 10.6 Å². The molecule has 0 radical (unpaired) electrons. The molecule has 2 aliphatic heterocycles. The van der Waals surface area contributed by atoms with Crippen LogP contribution in [0.5, 0.6) is 0 Å². The van der Waals surface area contributed by atoms with Gasteiger partial charge in [-0.15, -0.1) is 5.06 Å². The topological polar surface area (TPSA) is 127 Å². The predicted octanol–water partition coefficient (Wildman–Crippen LogP) is 0.682. The van der Waals surface area contributed by atoms with Crippen molar-refractivity contribution in [3.8, 4) is 0 Å². The zero-order valence-corrected chi connectivity index (χ0v) is 18.7. The summed E-state index contributed by atoms with van der Waals surface area (Å²) in [6, 6.07) is 16.3. The Morgan fingerprint density at radius 1 is 0.971 bits per heavy atom. The quantitative estimate of drug-likeness (QED) is 0.325. The summed E-state index contributed by atoms with van der Waals surface area (Å²) in [6.07, 6.45) is 0.0207. The molecule has 0 bridgehead atoms. The molecule has 1 fully saturated rings. The van der Waals surface area contributed by atoms with Gasteiger partial charge in [-0.1, -0.05) is 36.9 Å². The standard InChI is InChI=1S/C25H19N2O6P/c1-14-2-8-18-20(12-14)34(31,32)21-13-17(26)7-9-19(21)24(18)15-3-5-16(6-4-15)25(30)33-27-22(28)10-11-23(27)29/h2-9,12-13H,1,10-11,26H2,(H,31,32). The van der Waals surface area contributed by atoms with Crippen LogP contribution in [0.25, 0.3) is 12.2 Å². The summed E-state index contributed by atoms with van der Waals surface area (Å²) in [7, 11) is -3.92. The van der Waals surface area contributed by atoms with Crippen LogP contribution in [-0.4, -0.2) is 27.7 Å². The molecule has 2 amide bonds. The van der Waals surface area contributed by atoms with E-state index >= 15 is 0 Å². The number of fused-ring (bicyclic) bond motifs is 2. The Morgan fingerprint density at radius 3 is 2.32 bits per heavy atom. The molecule has 3 aromatic rings. The van der Waals surface area contributed by atoms with Crippen LogP contribution in [0.1, 0.15) is 34.3 Å². The second-order valence-electron chi connectivity index (χ2n) is 8.12. The highest BCUT2D eigenvalue weighted by molar-refractivity contribution is 7.73. The van der Waals surface area contributed by atoms with Crippen molar-refractivity contribution in [3.05, 3.63) is 87.8 Å². The summed E-state index contributed by atoms with van der Waals surface area (Å²) in [4.78, 5) is 51.9. The summed E-state index contributed by atoms with van der Waals surface area (Å²) < 4.78 is 13.5. The first-order chi connectivity index (χ1) is 16.2. The maximum absolute atomic E-state index is 13.5. The van der Waals surface area contributed by atoms with Crippen LogP contribution in [0, 0.1) is 0 Å². The molecule has 1 atom stereocenters. The molecule has 170 valence electrons. The molecule has 2 heterocycles. The van der Waals surface area contributed by atoms with Gasteiger partial charge in [0.25, 0.3) is 19.2 Å². The Bertz CT molecular complexity index is 1550. The minimum Gasteiger partial charge on any atom is -0.399 e. The molecule has 0 spiro atoms. The summed E-state index contributed by atoms with van der Waals surface area (Å²) in [5.74, 6) is -1.95. The van der Waals surface area contributed by atoms with Gasteiger partial charge >= 0.3 is 5.97 Å². The Hall–Kier alpha value is -4.00. The minimum atomic E-state index is -3.92. The number of nitrogens with zero attached hydrogens (tertiary/aromatic N) is 1. The molecule has 9 heteroatoms. The molecular formula is C25H19N2O6P. The molecule has 34 heavy (non-hydrogen) atoms. The smallest absolute Gasteiger partial charge is 0.363 e. The van der Waals surface area contributed by atoms with Gasteiger partial charge in [-0.3, -0.25) is 14.2 Å². The van der Waals surface area contributed by atoms with Gasteiger partial charge in [0.05, 0.1) is 10.9 Å². The monoisotopic (exact) mass is 474 g/mol. The van der Waals surface area contributed by atoms with Gasteiger partial charge in [-0.2, -0.15) is 0 Å². The molecule has 3 aromatic carbocycles. The average Bonchev–Trinajstić information content (AvgIpc) is 3.12. The number of amides is 2. The summed E-state index contributed by atoms with van der Waals surface area (Å²) in [6.45, 7) is 3.88. The Morgan fingerprint density at radius 2 is 1.65 bits per heavy atom.